The van der Waals surface area contributed by atoms with E-state index >= 15 is 0 Å². The molecular formula is C15H25N3. The van der Waals surface area contributed by atoms with E-state index < -0.39 is 0 Å². The van der Waals surface area contributed by atoms with Crippen molar-refractivity contribution in [1.82, 2.24) is 4.90 Å². The van der Waals surface area contributed by atoms with Gasteiger partial charge in [-0.25, -0.2) is 0 Å². The maximum atomic E-state index is 5.71. The average molecular weight is 247 g/mol. The minimum Gasteiger partial charge on any atom is -0.399 e. The van der Waals surface area contributed by atoms with Crippen LogP contribution in [0.5, 0.6) is 0 Å². The first kappa shape index (κ1) is 13.2. The minimum atomic E-state index is 0.831. The van der Waals surface area contributed by atoms with E-state index in [4.69, 9.17) is 5.73 Å². The fourth-order valence-corrected chi connectivity index (χ4v) is 2.64. The van der Waals surface area contributed by atoms with Gasteiger partial charge >= 0.3 is 0 Å². The largest absolute Gasteiger partial charge is 0.399 e. The third kappa shape index (κ3) is 3.64. The van der Waals surface area contributed by atoms with E-state index in [1.807, 2.05) is 12.1 Å². The second-order valence-electron chi connectivity index (χ2n) is 5.56. The van der Waals surface area contributed by atoms with Gasteiger partial charge in [-0.15, -0.1) is 0 Å². The number of likely N-dealkylation sites (N-methyl/N-ethyl adjacent to an activating group) is 1. The molecule has 1 aliphatic rings. The number of rotatable bonds is 4. The van der Waals surface area contributed by atoms with Gasteiger partial charge in [-0.1, -0.05) is 6.92 Å². The predicted octanol–water partition coefficient (Wildman–Crippen LogP) is 2.44. The lowest BCUT2D eigenvalue weighted by molar-refractivity contribution is 0.188. The van der Waals surface area contributed by atoms with Gasteiger partial charge in [0.15, 0.2) is 0 Å². The molecule has 1 saturated heterocycles. The van der Waals surface area contributed by atoms with E-state index in [1.54, 1.807) is 0 Å². The molecule has 1 atom stereocenters. The summed E-state index contributed by atoms with van der Waals surface area (Å²) in [4.78, 5) is 4.89. The van der Waals surface area contributed by atoms with Crippen LogP contribution in [-0.2, 0) is 0 Å². The highest BCUT2D eigenvalue weighted by atomic mass is 15.2. The molecule has 1 heterocycles. The molecule has 2 rings (SSSR count). The molecule has 0 aliphatic carbocycles. The molecule has 1 unspecified atom stereocenters. The third-order valence-corrected chi connectivity index (χ3v) is 3.83. The topological polar surface area (TPSA) is 32.5 Å². The van der Waals surface area contributed by atoms with Gasteiger partial charge in [0.2, 0.25) is 0 Å². The molecule has 18 heavy (non-hydrogen) atoms. The number of piperidine rings is 1. The summed E-state index contributed by atoms with van der Waals surface area (Å²) < 4.78 is 0. The summed E-state index contributed by atoms with van der Waals surface area (Å²) in [5, 5.41) is 0. The average Bonchev–Trinajstić information content (AvgIpc) is 2.37. The Balaban J connectivity index is 1.80. The Hall–Kier alpha value is -1.22. The van der Waals surface area contributed by atoms with Gasteiger partial charge in [0.1, 0.15) is 0 Å². The van der Waals surface area contributed by atoms with Gasteiger partial charge in [-0.2, -0.15) is 0 Å². The predicted molar refractivity (Wildman–Crippen MR) is 79.0 cm³/mol. The van der Waals surface area contributed by atoms with Crippen LogP contribution >= 0.6 is 0 Å². The SMILES string of the molecule is CC1CCCN(CCN(C)c2ccc(N)cc2)C1. The molecule has 100 valence electrons. The molecule has 1 aliphatic heterocycles. The molecule has 1 aromatic carbocycles. The quantitative estimate of drug-likeness (QED) is 0.829. The highest BCUT2D eigenvalue weighted by molar-refractivity contribution is 5.52. The van der Waals surface area contributed by atoms with Crippen molar-refractivity contribution in [1.29, 1.82) is 0 Å². The standard InChI is InChI=1S/C15H25N3/c1-13-4-3-9-18(12-13)11-10-17(2)15-7-5-14(16)6-8-15/h5-8,13H,3-4,9-12,16H2,1-2H3. The molecular weight excluding hydrogens is 222 g/mol. The van der Waals surface area contributed by atoms with Crippen molar-refractivity contribution in [2.75, 3.05) is 43.9 Å². The van der Waals surface area contributed by atoms with E-state index in [-0.39, 0.29) is 0 Å². The van der Waals surface area contributed by atoms with Crippen molar-refractivity contribution in [3.63, 3.8) is 0 Å². The van der Waals surface area contributed by atoms with Crippen LogP contribution in [0.15, 0.2) is 24.3 Å². The van der Waals surface area contributed by atoms with Gasteiger partial charge < -0.3 is 15.5 Å². The molecule has 0 aromatic heterocycles. The minimum absolute atomic E-state index is 0.831. The fourth-order valence-electron chi connectivity index (χ4n) is 2.64. The fraction of sp³-hybridized carbons (Fsp3) is 0.600. The third-order valence-electron chi connectivity index (χ3n) is 3.83. The zero-order chi connectivity index (χ0) is 13.0. The van der Waals surface area contributed by atoms with Crippen LogP contribution in [0.3, 0.4) is 0 Å². The summed E-state index contributed by atoms with van der Waals surface area (Å²) in [6, 6.07) is 8.12. The Morgan fingerprint density at radius 3 is 2.72 bits per heavy atom. The molecule has 0 saturated carbocycles. The molecule has 0 spiro atoms. The molecule has 0 bridgehead atoms. The number of nitrogen functional groups attached to an aromatic ring is 1. The van der Waals surface area contributed by atoms with Crippen molar-refractivity contribution in [2.45, 2.75) is 19.8 Å². The zero-order valence-electron chi connectivity index (χ0n) is 11.6. The first-order valence-electron chi connectivity index (χ1n) is 6.94. The first-order valence-corrected chi connectivity index (χ1v) is 6.94. The summed E-state index contributed by atoms with van der Waals surface area (Å²) in [7, 11) is 2.15. The number of hydrogen-bond donors (Lipinski definition) is 1. The van der Waals surface area contributed by atoms with Crippen molar-refractivity contribution >= 4 is 11.4 Å². The number of likely N-dealkylation sites (tertiary alicyclic amines) is 1. The van der Waals surface area contributed by atoms with Gasteiger partial charge in [-0.05, 0) is 49.6 Å². The normalized spacial score (nSPS) is 20.9. The van der Waals surface area contributed by atoms with E-state index in [0.29, 0.717) is 0 Å². The molecule has 3 heteroatoms. The maximum Gasteiger partial charge on any atom is 0.0365 e. The van der Waals surface area contributed by atoms with Crippen LogP contribution in [0.25, 0.3) is 0 Å². The summed E-state index contributed by atoms with van der Waals surface area (Å²) in [5.74, 6) is 0.862. The Labute approximate surface area is 111 Å². The highest BCUT2D eigenvalue weighted by Gasteiger charge is 2.16. The molecule has 0 amide bonds. The van der Waals surface area contributed by atoms with Crippen LogP contribution in [0.4, 0.5) is 11.4 Å². The second-order valence-corrected chi connectivity index (χ2v) is 5.56. The Morgan fingerprint density at radius 2 is 2.06 bits per heavy atom. The van der Waals surface area contributed by atoms with E-state index in [9.17, 15) is 0 Å². The van der Waals surface area contributed by atoms with Crippen molar-refractivity contribution in [3.05, 3.63) is 24.3 Å². The van der Waals surface area contributed by atoms with Crippen molar-refractivity contribution in [2.24, 2.45) is 5.92 Å². The summed E-state index contributed by atoms with van der Waals surface area (Å²) in [6.07, 6.45) is 2.75. The van der Waals surface area contributed by atoms with Crippen LogP contribution < -0.4 is 10.6 Å². The number of anilines is 2. The van der Waals surface area contributed by atoms with Gasteiger partial charge in [-0.3, -0.25) is 0 Å². The van der Waals surface area contributed by atoms with Crippen LogP contribution in [0, 0.1) is 5.92 Å². The molecule has 0 radical (unpaired) electrons. The van der Waals surface area contributed by atoms with Crippen LogP contribution in [0.1, 0.15) is 19.8 Å². The van der Waals surface area contributed by atoms with Crippen LogP contribution in [-0.4, -0.2) is 38.1 Å². The highest BCUT2D eigenvalue weighted by Crippen LogP contribution is 2.17. The molecule has 1 fully saturated rings. The molecule has 3 nitrogen and oxygen atoms in total. The summed E-state index contributed by atoms with van der Waals surface area (Å²) >= 11 is 0. The lowest BCUT2D eigenvalue weighted by atomic mass is 10.0. The monoisotopic (exact) mass is 247 g/mol. The van der Waals surface area contributed by atoms with E-state index in [2.05, 4.69) is 35.9 Å². The lowest BCUT2D eigenvalue weighted by Gasteiger charge is -2.32. The van der Waals surface area contributed by atoms with Crippen LogP contribution in [0.2, 0.25) is 0 Å². The maximum absolute atomic E-state index is 5.71. The smallest absolute Gasteiger partial charge is 0.0365 e. The number of benzene rings is 1. The van der Waals surface area contributed by atoms with Crippen molar-refractivity contribution in [3.8, 4) is 0 Å². The summed E-state index contributed by atoms with van der Waals surface area (Å²) in [6.45, 7) is 7.12. The first-order chi connectivity index (χ1) is 8.65. The van der Waals surface area contributed by atoms with E-state index in [1.165, 1.54) is 31.6 Å². The second kappa shape index (κ2) is 6.10. The van der Waals surface area contributed by atoms with Gasteiger partial charge in [0.25, 0.3) is 0 Å². The lowest BCUT2D eigenvalue weighted by Crippen LogP contribution is -2.39. The number of hydrogen-bond acceptors (Lipinski definition) is 3. The van der Waals surface area contributed by atoms with Gasteiger partial charge in [0, 0.05) is 38.1 Å². The van der Waals surface area contributed by atoms with E-state index in [0.717, 1.165) is 24.7 Å². The van der Waals surface area contributed by atoms with Gasteiger partial charge in [0.05, 0.1) is 0 Å². The number of nitrogens with two attached hydrogens (primary N) is 1. The Kier molecular flexibility index (Phi) is 4.48. The Morgan fingerprint density at radius 1 is 1.33 bits per heavy atom. The Bertz CT molecular complexity index is 361. The molecule has 2 N–H and O–H groups in total. The molecule has 1 aromatic rings. The number of nitrogens with zero attached hydrogens (tertiary/aromatic N) is 2. The zero-order valence-corrected chi connectivity index (χ0v) is 11.6. The summed E-state index contributed by atoms with van der Waals surface area (Å²) in [5.41, 5.74) is 7.78. The van der Waals surface area contributed by atoms with Crippen molar-refractivity contribution < 1.29 is 0 Å².